The molecule has 2 aliphatic rings. The molecule has 2 N–H and O–H groups in total. The molecule has 5 nitrogen and oxygen atoms in total. The Balaban J connectivity index is 1.58. The predicted octanol–water partition coefficient (Wildman–Crippen LogP) is 3.15. The van der Waals surface area contributed by atoms with Crippen molar-refractivity contribution in [3.8, 4) is 5.75 Å². The van der Waals surface area contributed by atoms with Crippen molar-refractivity contribution in [2.24, 2.45) is 5.92 Å². The van der Waals surface area contributed by atoms with Crippen LogP contribution in [-0.4, -0.2) is 21.2 Å². The summed E-state index contributed by atoms with van der Waals surface area (Å²) in [6, 6.07) is 2.00. The predicted molar refractivity (Wildman–Crippen MR) is 81.4 cm³/mol. The van der Waals surface area contributed by atoms with Gasteiger partial charge in [0.25, 0.3) is 0 Å². The molecule has 0 amide bonds. The van der Waals surface area contributed by atoms with Gasteiger partial charge in [-0.1, -0.05) is 19.3 Å². The number of nitrogens with two attached hydrogens (primary N) is 1. The first-order chi connectivity index (χ1) is 10.3. The highest BCUT2D eigenvalue weighted by molar-refractivity contribution is 5.52. The van der Waals surface area contributed by atoms with Gasteiger partial charge in [-0.3, -0.25) is 4.40 Å². The molecule has 2 heterocycles. The lowest BCUT2D eigenvalue weighted by Gasteiger charge is -2.22. The number of anilines is 1. The second-order valence-electron chi connectivity index (χ2n) is 6.47. The summed E-state index contributed by atoms with van der Waals surface area (Å²) in [7, 11) is 0. The van der Waals surface area contributed by atoms with Crippen LogP contribution in [0.15, 0.2) is 12.3 Å². The summed E-state index contributed by atoms with van der Waals surface area (Å²) in [5, 5.41) is 8.05. The minimum Gasteiger partial charge on any atom is -0.493 e. The van der Waals surface area contributed by atoms with Crippen molar-refractivity contribution in [3.05, 3.63) is 17.8 Å². The second-order valence-corrected chi connectivity index (χ2v) is 6.47. The van der Waals surface area contributed by atoms with Crippen LogP contribution < -0.4 is 10.5 Å². The van der Waals surface area contributed by atoms with E-state index in [-0.39, 0.29) is 0 Å². The smallest absolute Gasteiger partial charge is 0.226 e. The average molecular weight is 286 g/mol. The summed E-state index contributed by atoms with van der Waals surface area (Å²) < 4.78 is 8.04. The van der Waals surface area contributed by atoms with Gasteiger partial charge in [-0.25, -0.2) is 0 Å². The van der Waals surface area contributed by atoms with E-state index in [1.165, 1.54) is 50.5 Å². The molecule has 5 heteroatoms. The van der Waals surface area contributed by atoms with E-state index in [0.717, 1.165) is 18.0 Å². The Kier molecular flexibility index (Phi) is 3.20. The Hall–Kier alpha value is -1.78. The molecule has 2 fully saturated rings. The van der Waals surface area contributed by atoms with Gasteiger partial charge in [0.05, 0.1) is 6.61 Å². The molecule has 2 aliphatic carbocycles. The summed E-state index contributed by atoms with van der Waals surface area (Å²) in [4.78, 5) is 0. The third-order valence-corrected chi connectivity index (χ3v) is 4.78. The Labute approximate surface area is 124 Å². The molecule has 2 aromatic rings. The van der Waals surface area contributed by atoms with Crippen LogP contribution in [-0.2, 0) is 0 Å². The lowest BCUT2D eigenvalue weighted by Crippen LogP contribution is -2.16. The van der Waals surface area contributed by atoms with Gasteiger partial charge < -0.3 is 10.5 Å². The molecule has 0 aromatic carbocycles. The summed E-state index contributed by atoms with van der Waals surface area (Å²) >= 11 is 0. The molecule has 0 aliphatic heterocycles. The summed E-state index contributed by atoms with van der Waals surface area (Å²) in [5.74, 6) is 2.77. The van der Waals surface area contributed by atoms with Gasteiger partial charge in [0, 0.05) is 17.8 Å². The number of rotatable bonds is 4. The normalized spacial score (nSPS) is 20.0. The summed E-state index contributed by atoms with van der Waals surface area (Å²) in [6.07, 6.45) is 11.2. The SMILES string of the molecule is Nc1nnc2cc(OCC3CCCCC3)c(C3CC3)cn12. The Morgan fingerprint density at radius 2 is 1.95 bits per heavy atom. The van der Waals surface area contributed by atoms with Crippen LogP contribution in [0.3, 0.4) is 0 Å². The van der Waals surface area contributed by atoms with Gasteiger partial charge in [-0.2, -0.15) is 0 Å². The molecule has 2 saturated carbocycles. The number of ether oxygens (including phenoxy) is 1. The topological polar surface area (TPSA) is 65.4 Å². The third-order valence-electron chi connectivity index (χ3n) is 4.78. The van der Waals surface area contributed by atoms with E-state index in [0.29, 0.717) is 17.8 Å². The first-order valence-corrected chi connectivity index (χ1v) is 8.08. The standard InChI is InChI=1S/C16H22N4O/c17-16-19-18-15-8-14(13(9-20(15)16)12-6-7-12)21-10-11-4-2-1-3-5-11/h8-9,11-12H,1-7,10H2,(H2,17,19). The summed E-state index contributed by atoms with van der Waals surface area (Å²) in [5.41, 5.74) is 7.90. The number of pyridine rings is 1. The van der Waals surface area contributed by atoms with Crippen molar-refractivity contribution < 1.29 is 4.74 Å². The van der Waals surface area contributed by atoms with Crippen LogP contribution in [0.1, 0.15) is 56.4 Å². The molecule has 0 unspecified atom stereocenters. The average Bonchev–Trinajstić information content (AvgIpc) is 3.30. The molecule has 112 valence electrons. The van der Waals surface area contributed by atoms with Gasteiger partial charge >= 0.3 is 0 Å². The van der Waals surface area contributed by atoms with E-state index in [1.807, 2.05) is 10.5 Å². The van der Waals surface area contributed by atoms with Crippen molar-refractivity contribution in [3.63, 3.8) is 0 Å². The minimum atomic E-state index is 0.450. The number of nitrogen functional groups attached to an aromatic ring is 1. The van der Waals surface area contributed by atoms with Gasteiger partial charge in [-0.05, 0) is 37.5 Å². The van der Waals surface area contributed by atoms with Crippen molar-refractivity contribution >= 4 is 11.6 Å². The molecule has 0 bridgehead atoms. The highest BCUT2D eigenvalue weighted by atomic mass is 16.5. The molecule has 0 atom stereocenters. The van der Waals surface area contributed by atoms with E-state index >= 15 is 0 Å². The highest BCUT2D eigenvalue weighted by Crippen LogP contribution is 2.44. The fraction of sp³-hybridized carbons (Fsp3) is 0.625. The fourth-order valence-electron chi connectivity index (χ4n) is 3.34. The van der Waals surface area contributed by atoms with Gasteiger partial charge in [0.2, 0.25) is 5.95 Å². The van der Waals surface area contributed by atoms with Crippen LogP contribution >= 0.6 is 0 Å². The third kappa shape index (κ3) is 2.57. The molecule has 21 heavy (non-hydrogen) atoms. The quantitative estimate of drug-likeness (QED) is 0.937. The lowest BCUT2D eigenvalue weighted by molar-refractivity contribution is 0.207. The van der Waals surface area contributed by atoms with Crippen LogP contribution in [0.4, 0.5) is 5.95 Å². The van der Waals surface area contributed by atoms with Crippen molar-refractivity contribution in [1.82, 2.24) is 14.6 Å². The zero-order chi connectivity index (χ0) is 14.2. The van der Waals surface area contributed by atoms with Gasteiger partial charge in [0.1, 0.15) is 5.75 Å². The van der Waals surface area contributed by atoms with Crippen LogP contribution in [0.2, 0.25) is 0 Å². The number of fused-ring (bicyclic) bond motifs is 1. The molecule has 2 aromatic heterocycles. The van der Waals surface area contributed by atoms with Crippen LogP contribution in [0.25, 0.3) is 5.65 Å². The largest absolute Gasteiger partial charge is 0.493 e. The molecule has 0 spiro atoms. The Morgan fingerprint density at radius 1 is 1.14 bits per heavy atom. The van der Waals surface area contributed by atoms with E-state index in [1.54, 1.807) is 0 Å². The first-order valence-electron chi connectivity index (χ1n) is 8.08. The van der Waals surface area contributed by atoms with Gasteiger partial charge in [0.15, 0.2) is 5.65 Å². The highest BCUT2D eigenvalue weighted by Gasteiger charge is 2.28. The van der Waals surface area contributed by atoms with E-state index in [9.17, 15) is 0 Å². The lowest BCUT2D eigenvalue weighted by atomic mass is 9.90. The van der Waals surface area contributed by atoms with Gasteiger partial charge in [-0.15, -0.1) is 10.2 Å². The molecular weight excluding hydrogens is 264 g/mol. The maximum Gasteiger partial charge on any atom is 0.226 e. The van der Waals surface area contributed by atoms with E-state index < -0.39 is 0 Å². The van der Waals surface area contributed by atoms with Crippen molar-refractivity contribution in [2.75, 3.05) is 12.3 Å². The van der Waals surface area contributed by atoms with E-state index in [4.69, 9.17) is 10.5 Å². The second kappa shape index (κ2) is 5.20. The van der Waals surface area contributed by atoms with Crippen molar-refractivity contribution in [2.45, 2.75) is 50.9 Å². The van der Waals surface area contributed by atoms with Crippen LogP contribution in [0, 0.1) is 5.92 Å². The zero-order valence-corrected chi connectivity index (χ0v) is 12.3. The zero-order valence-electron chi connectivity index (χ0n) is 12.3. The first kappa shape index (κ1) is 12.9. The monoisotopic (exact) mass is 286 g/mol. The Bertz CT molecular complexity index is 641. The molecular formula is C16H22N4O. The number of aromatic nitrogens is 3. The number of hydrogen-bond acceptors (Lipinski definition) is 4. The Morgan fingerprint density at radius 3 is 2.71 bits per heavy atom. The molecule has 0 saturated heterocycles. The van der Waals surface area contributed by atoms with Crippen LogP contribution in [0.5, 0.6) is 5.75 Å². The molecule has 4 rings (SSSR count). The van der Waals surface area contributed by atoms with E-state index in [2.05, 4.69) is 16.4 Å². The number of nitrogens with zero attached hydrogens (tertiary/aromatic N) is 3. The fourth-order valence-corrected chi connectivity index (χ4v) is 3.34. The molecule has 0 radical (unpaired) electrons. The summed E-state index contributed by atoms with van der Waals surface area (Å²) in [6.45, 7) is 0.833. The number of hydrogen-bond donors (Lipinski definition) is 1. The minimum absolute atomic E-state index is 0.450. The maximum absolute atomic E-state index is 6.17. The maximum atomic E-state index is 6.17. The van der Waals surface area contributed by atoms with Crippen molar-refractivity contribution in [1.29, 1.82) is 0 Å².